The van der Waals surface area contributed by atoms with Crippen LogP contribution in [-0.2, 0) is 0 Å². The van der Waals surface area contributed by atoms with Crippen molar-refractivity contribution in [3.63, 3.8) is 0 Å². The van der Waals surface area contributed by atoms with E-state index in [1.165, 1.54) is 6.07 Å². The van der Waals surface area contributed by atoms with Crippen LogP contribution < -0.4 is 0 Å². The summed E-state index contributed by atoms with van der Waals surface area (Å²) >= 11 is 0. The molecule has 0 saturated heterocycles. The van der Waals surface area contributed by atoms with E-state index < -0.39 is 4.92 Å². The lowest BCUT2D eigenvalue weighted by Gasteiger charge is -2.26. The molecule has 0 fully saturated rings. The fourth-order valence-corrected chi connectivity index (χ4v) is 2.33. The molecule has 5 nitrogen and oxygen atoms in total. The van der Waals surface area contributed by atoms with Crippen LogP contribution in [0.25, 0.3) is 0 Å². The predicted octanol–water partition coefficient (Wildman–Crippen LogP) is 2.70. The Morgan fingerprint density at radius 1 is 1.37 bits per heavy atom. The first-order chi connectivity index (χ1) is 9.00. The molecule has 1 aromatic rings. The summed E-state index contributed by atoms with van der Waals surface area (Å²) in [6.07, 6.45) is 2.89. The average Bonchev–Trinajstić information content (AvgIpc) is 2.37. The molecule has 100 valence electrons. The molecule has 5 heteroatoms. The number of rotatable bonds is 2. The molecule has 1 heterocycles. The number of carbonyl (C=O) groups is 1. The van der Waals surface area contributed by atoms with Crippen LogP contribution in [0.5, 0.6) is 0 Å². The van der Waals surface area contributed by atoms with Crippen molar-refractivity contribution < 1.29 is 9.72 Å². The summed E-state index contributed by atoms with van der Waals surface area (Å²) in [5.74, 6) is -0.261. The first-order valence-electron chi connectivity index (χ1n) is 6.19. The summed E-state index contributed by atoms with van der Waals surface area (Å²) in [5, 5.41) is 11.1. The topological polar surface area (TPSA) is 63.5 Å². The SMILES string of the molecule is CC1=CCCN(C(=O)c2cccc(C)c2[N+](=O)[O-])C1. The molecule has 1 amide bonds. The molecule has 0 bridgehead atoms. The van der Waals surface area contributed by atoms with E-state index in [0.29, 0.717) is 18.7 Å². The molecule has 1 aliphatic rings. The molecule has 0 unspecified atom stereocenters. The lowest BCUT2D eigenvalue weighted by Crippen LogP contribution is -2.35. The van der Waals surface area contributed by atoms with E-state index in [4.69, 9.17) is 0 Å². The molecule has 0 spiro atoms. The van der Waals surface area contributed by atoms with Gasteiger partial charge in [0.05, 0.1) is 4.92 Å². The third-order valence-electron chi connectivity index (χ3n) is 3.27. The molecule has 19 heavy (non-hydrogen) atoms. The molecule has 2 rings (SSSR count). The second-order valence-electron chi connectivity index (χ2n) is 4.79. The van der Waals surface area contributed by atoms with Crippen LogP contribution in [-0.4, -0.2) is 28.8 Å². The van der Waals surface area contributed by atoms with Crippen molar-refractivity contribution in [2.24, 2.45) is 0 Å². The summed E-state index contributed by atoms with van der Waals surface area (Å²) in [6.45, 7) is 4.77. The summed E-state index contributed by atoms with van der Waals surface area (Å²) in [6, 6.07) is 4.86. The van der Waals surface area contributed by atoms with Crippen LogP contribution in [0.4, 0.5) is 5.69 Å². The van der Waals surface area contributed by atoms with Crippen LogP contribution in [0.3, 0.4) is 0 Å². The van der Waals surface area contributed by atoms with Crippen molar-refractivity contribution in [3.05, 3.63) is 51.1 Å². The number of hydrogen-bond donors (Lipinski definition) is 0. The van der Waals surface area contributed by atoms with Gasteiger partial charge in [0.25, 0.3) is 11.6 Å². The summed E-state index contributed by atoms with van der Waals surface area (Å²) in [4.78, 5) is 24.7. The van der Waals surface area contributed by atoms with Gasteiger partial charge in [0, 0.05) is 18.7 Å². The fraction of sp³-hybridized carbons (Fsp3) is 0.357. The highest BCUT2D eigenvalue weighted by Crippen LogP contribution is 2.25. The van der Waals surface area contributed by atoms with E-state index in [2.05, 4.69) is 6.08 Å². The number of nitro groups is 1. The van der Waals surface area contributed by atoms with E-state index >= 15 is 0 Å². The Morgan fingerprint density at radius 3 is 2.74 bits per heavy atom. The van der Waals surface area contributed by atoms with E-state index in [-0.39, 0.29) is 17.2 Å². The van der Waals surface area contributed by atoms with Crippen LogP contribution in [0.15, 0.2) is 29.8 Å². The zero-order valence-corrected chi connectivity index (χ0v) is 11.0. The Kier molecular flexibility index (Phi) is 3.64. The van der Waals surface area contributed by atoms with E-state index in [1.54, 1.807) is 24.0 Å². The van der Waals surface area contributed by atoms with E-state index in [0.717, 1.165) is 12.0 Å². The first-order valence-corrected chi connectivity index (χ1v) is 6.19. The molecular weight excluding hydrogens is 244 g/mol. The van der Waals surface area contributed by atoms with Gasteiger partial charge in [-0.3, -0.25) is 14.9 Å². The molecule has 0 atom stereocenters. The highest BCUT2D eigenvalue weighted by atomic mass is 16.6. The second-order valence-corrected chi connectivity index (χ2v) is 4.79. The lowest BCUT2D eigenvalue weighted by atomic mass is 10.1. The van der Waals surface area contributed by atoms with Gasteiger partial charge >= 0.3 is 0 Å². The smallest absolute Gasteiger partial charge is 0.285 e. The van der Waals surface area contributed by atoms with Crippen LogP contribution in [0.1, 0.15) is 29.3 Å². The van der Waals surface area contributed by atoms with Gasteiger partial charge in [0.2, 0.25) is 0 Å². The van der Waals surface area contributed by atoms with Crippen molar-refractivity contribution in [1.82, 2.24) is 4.90 Å². The minimum atomic E-state index is -0.477. The Hall–Kier alpha value is -2.17. The standard InChI is InChI=1S/C14H16N2O3/c1-10-5-4-8-15(9-10)14(17)12-7-3-6-11(2)13(12)16(18)19/h3,5-7H,4,8-9H2,1-2H3. The molecule has 0 radical (unpaired) electrons. The zero-order chi connectivity index (χ0) is 14.0. The lowest BCUT2D eigenvalue weighted by molar-refractivity contribution is -0.385. The van der Waals surface area contributed by atoms with Crippen LogP contribution in [0, 0.1) is 17.0 Å². The monoisotopic (exact) mass is 260 g/mol. The number of para-hydroxylation sites is 1. The molecule has 0 saturated carbocycles. The molecule has 0 aromatic heterocycles. The van der Waals surface area contributed by atoms with Crippen LogP contribution >= 0.6 is 0 Å². The van der Waals surface area contributed by atoms with E-state index in [1.807, 2.05) is 6.92 Å². The maximum atomic E-state index is 12.4. The minimum Gasteiger partial charge on any atom is -0.334 e. The zero-order valence-electron chi connectivity index (χ0n) is 11.0. The van der Waals surface area contributed by atoms with E-state index in [9.17, 15) is 14.9 Å². The van der Waals surface area contributed by atoms with Crippen molar-refractivity contribution >= 4 is 11.6 Å². The normalized spacial score (nSPS) is 15.1. The number of carbonyl (C=O) groups excluding carboxylic acids is 1. The first kappa shape index (κ1) is 13.3. The van der Waals surface area contributed by atoms with Gasteiger partial charge in [-0.05, 0) is 26.3 Å². The maximum absolute atomic E-state index is 12.4. The summed E-state index contributed by atoms with van der Waals surface area (Å²) in [5.41, 5.74) is 1.73. The largest absolute Gasteiger partial charge is 0.334 e. The highest BCUT2D eigenvalue weighted by Gasteiger charge is 2.26. The van der Waals surface area contributed by atoms with Crippen molar-refractivity contribution in [2.75, 3.05) is 13.1 Å². The van der Waals surface area contributed by atoms with Gasteiger partial charge in [0.1, 0.15) is 5.56 Å². The maximum Gasteiger partial charge on any atom is 0.285 e. The predicted molar refractivity (Wildman–Crippen MR) is 72.1 cm³/mol. The molecule has 1 aliphatic heterocycles. The number of benzene rings is 1. The summed E-state index contributed by atoms with van der Waals surface area (Å²) < 4.78 is 0. The third kappa shape index (κ3) is 2.65. The Bertz CT molecular complexity index is 564. The number of nitrogens with zero attached hydrogens (tertiary/aromatic N) is 2. The molecular formula is C14H16N2O3. The van der Waals surface area contributed by atoms with Gasteiger partial charge < -0.3 is 4.90 Å². The van der Waals surface area contributed by atoms with Gasteiger partial charge in [-0.25, -0.2) is 0 Å². The van der Waals surface area contributed by atoms with Crippen molar-refractivity contribution in [1.29, 1.82) is 0 Å². The Labute approximate surface area is 111 Å². The highest BCUT2D eigenvalue weighted by molar-refractivity contribution is 5.98. The van der Waals surface area contributed by atoms with Gasteiger partial charge in [-0.2, -0.15) is 0 Å². The van der Waals surface area contributed by atoms with Gasteiger partial charge in [-0.1, -0.05) is 23.8 Å². The Balaban J connectivity index is 2.37. The van der Waals surface area contributed by atoms with Gasteiger partial charge in [-0.15, -0.1) is 0 Å². The molecule has 1 aromatic carbocycles. The number of amides is 1. The van der Waals surface area contributed by atoms with Crippen LogP contribution in [0.2, 0.25) is 0 Å². The molecule has 0 aliphatic carbocycles. The minimum absolute atomic E-state index is 0.0836. The van der Waals surface area contributed by atoms with Crippen molar-refractivity contribution in [2.45, 2.75) is 20.3 Å². The number of hydrogen-bond acceptors (Lipinski definition) is 3. The average molecular weight is 260 g/mol. The number of aryl methyl sites for hydroxylation is 1. The second kappa shape index (κ2) is 5.22. The van der Waals surface area contributed by atoms with Crippen molar-refractivity contribution in [3.8, 4) is 0 Å². The third-order valence-corrected chi connectivity index (χ3v) is 3.27. The van der Waals surface area contributed by atoms with Gasteiger partial charge in [0.15, 0.2) is 0 Å². The Morgan fingerprint density at radius 2 is 2.11 bits per heavy atom. The fourth-order valence-electron chi connectivity index (χ4n) is 2.33. The summed E-state index contributed by atoms with van der Waals surface area (Å²) in [7, 11) is 0. The molecule has 0 N–H and O–H groups in total. The number of nitro benzene ring substituents is 1. The quantitative estimate of drug-likeness (QED) is 0.466.